The SMILES string of the molecule is CCN(CCCNC(=O)N1CCCCc2cccnc21)c1ccccc1. The Hall–Kier alpha value is -2.56. The van der Waals surface area contributed by atoms with E-state index in [9.17, 15) is 4.79 Å². The summed E-state index contributed by atoms with van der Waals surface area (Å²) in [5.74, 6) is 0.821. The van der Waals surface area contributed by atoms with E-state index in [0.717, 1.165) is 51.1 Å². The van der Waals surface area contributed by atoms with Crippen LogP contribution in [0.25, 0.3) is 0 Å². The summed E-state index contributed by atoms with van der Waals surface area (Å²) in [6, 6.07) is 14.4. The van der Waals surface area contributed by atoms with Gasteiger partial charge in [-0.2, -0.15) is 0 Å². The molecule has 1 N–H and O–H groups in total. The van der Waals surface area contributed by atoms with E-state index in [1.165, 1.54) is 11.3 Å². The van der Waals surface area contributed by atoms with Crippen LogP contribution in [0.3, 0.4) is 0 Å². The predicted molar refractivity (Wildman–Crippen MR) is 107 cm³/mol. The molecule has 5 heteroatoms. The van der Waals surface area contributed by atoms with Gasteiger partial charge in [-0.25, -0.2) is 9.78 Å². The summed E-state index contributed by atoms with van der Waals surface area (Å²) in [7, 11) is 0. The van der Waals surface area contributed by atoms with Gasteiger partial charge in [-0.05, 0) is 56.4 Å². The molecule has 138 valence electrons. The standard InChI is InChI=1S/C21H28N4O/c1-2-24(19-12-4-3-5-13-19)16-9-15-23-21(26)25-17-7-6-10-18-11-8-14-22-20(18)25/h3-5,8,11-14H,2,6-7,9-10,15-17H2,1H3,(H,23,26). The van der Waals surface area contributed by atoms with Gasteiger partial charge in [0.2, 0.25) is 0 Å². The van der Waals surface area contributed by atoms with Crippen molar-refractivity contribution >= 4 is 17.5 Å². The first-order valence-corrected chi connectivity index (χ1v) is 9.59. The topological polar surface area (TPSA) is 48.5 Å². The summed E-state index contributed by atoms with van der Waals surface area (Å²) in [6.45, 7) is 5.45. The number of rotatable bonds is 6. The summed E-state index contributed by atoms with van der Waals surface area (Å²) < 4.78 is 0. The maximum atomic E-state index is 12.7. The first kappa shape index (κ1) is 18.2. The highest BCUT2D eigenvalue weighted by molar-refractivity contribution is 5.91. The Morgan fingerprint density at radius 1 is 1.19 bits per heavy atom. The van der Waals surface area contributed by atoms with Crippen LogP contribution >= 0.6 is 0 Å². The molecule has 0 radical (unpaired) electrons. The molecular weight excluding hydrogens is 324 g/mol. The molecule has 0 aliphatic carbocycles. The molecule has 2 aromatic rings. The molecule has 5 nitrogen and oxygen atoms in total. The number of carbonyl (C=O) groups is 1. The van der Waals surface area contributed by atoms with Gasteiger partial charge in [-0.3, -0.25) is 4.90 Å². The van der Waals surface area contributed by atoms with E-state index >= 15 is 0 Å². The van der Waals surface area contributed by atoms with Crippen molar-refractivity contribution < 1.29 is 4.79 Å². The molecule has 0 spiro atoms. The van der Waals surface area contributed by atoms with Crippen LogP contribution in [0, 0.1) is 0 Å². The van der Waals surface area contributed by atoms with E-state index in [-0.39, 0.29) is 6.03 Å². The highest BCUT2D eigenvalue weighted by Gasteiger charge is 2.21. The molecular formula is C21H28N4O. The van der Waals surface area contributed by atoms with Crippen LogP contribution in [0.2, 0.25) is 0 Å². The Morgan fingerprint density at radius 2 is 2.04 bits per heavy atom. The van der Waals surface area contributed by atoms with E-state index in [1.807, 2.05) is 12.1 Å². The van der Waals surface area contributed by atoms with Gasteiger partial charge in [0.25, 0.3) is 0 Å². The van der Waals surface area contributed by atoms with Crippen LogP contribution in [0.15, 0.2) is 48.7 Å². The Kier molecular flexibility index (Phi) is 6.47. The third kappa shape index (κ3) is 4.54. The smallest absolute Gasteiger partial charge is 0.323 e. The molecule has 1 aromatic carbocycles. The number of hydrogen-bond acceptors (Lipinski definition) is 3. The van der Waals surface area contributed by atoms with Crippen molar-refractivity contribution in [2.45, 2.75) is 32.6 Å². The zero-order chi connectivity index (χ0) is 18.2. The number of fused-ring (bicyclic) bond motifs is 1. The molecule has 1 aromatic heterocycles. The normalized spacial score (nSPS) is 13.7. The lowest BCUT2D eigenvalue weighted by Crippen LogP contribution is -2.42. The van der Waals surface area contributed by atoms with E-state index in [4.69, 9.17) is 0 Å². The number of anilines is 2. The van der Waals surface area contributed by atoms with Crippen molar-refractivity contribution in [3.8, 4) is 0 Å². The van der Waals surface area contributed by atoms with Gasteiger partial charge in [-0.1, -0.05) is 24.3 Å². The monoisotopic (exact) mass is 352 g/mol. The number of pyridine rings is 1. The van der Waals surface area contributed by atoms with Crippen LogP contribution in [0.4, 0.5) is 16.3 Å². The zero-order valence-corrected chi connectivity index (χ0v) is 15.5. The average Bonchev–Trinajstić information content (AvgIpc) is 2.91. The largest absolute Gasteiger partial charge is 0.372 e. The number of benzene rings is 1. The molecule has 1 aliphatic rings. The lowest BCUT2D eigenvalue weighted by Gasteiger charge is -2.24. The van der Waals surface area contributed by atoms with Gasteiger partial charge >= 0.3 is 6.03 Å². The molecule has 0 saturated heterocycles. The molecule has 0 atom stereocenters. The Morgan fingerprint density at radius 3 is 2.85 bits per heavy atom. The second-order valence-electron chi connectivity index (χ2n) is 6.60. The van der Waals surface area contributed by atoms with Crippen LogP contribution < -0.4 is 15.1 Å². The number of urea groups is 1. The molecule has 2 amide bonds. The predicted octanol–water partition coefficient (Wildman–Crippen LogP) is 3.85. The van der Waals surface area contributed by atoms with Gasteiger partial charge in [0.15, 0.2) is 0 Å². The van der Waals surface area contributed by atoms with E-state index in [2.05, 4.69) is 52.5 Å². The van der Waals surface area contributed by atoms with Crippen molar-refractivity contribution in [1.29, 1.82) is 0 Å². The molecule has 1 aliphatic heterocycles. The minimum Gasteiger partial charge on any atom is -0.372 e. The van der Waals surface area contributed by atoms with Gasteiger partial charge in [-0.15, -0.1) is 0 Å². The minimum absolute atomic E-state index is 0.0328. The first-order valence-electron chi connectivity index (χ1n) is 9.59. The molecule has 0 saturated carbocycles. The molecule has 0 unspecified atom stereocenters. The van der Waals surface area contributed by atoms with Crippen LogP contribution in [0.5, 0.6) is 0 Å². The van der Waals surface area contributed by atoms with Crippen molar-refractivity contribution in [2.24, 2.45) is 0 Å². The molecule has 3 rings (SSSR count). The third-order valence-corrected chi connectivity index (χ3v) is 4.83. The van der Waals surface area contributed by atoms with Gasteiger partial charge < -0.3 is 10.2 Å². The number of para-hydroxylation sites is 1. The summed E-state index contributed by atoms with van der Waals surface area (Å²) in [6.07, 6.45) is 5.79. The molecule has 26 heavy (non-hydrogen) atoms. The number of amides is 2. The van der Waals surface area contributed by atoms with Crippen molar-refractivity contribution in [2.75, 3.05) is 36.0 Å². The van der Waals surface area contributed by atoms with Crippen molar-refractivity contribution in [3.05, 3.63) is 54.2 Å². The third-order valence-electron chi connectivity index (χ3n) is 4.83. The fourth-order valence-corrected chi connectivity index (χ4v) is 3.43. The van der Waals surface area contributed by atoms with E-state index in [0.29, 0.717) is 6.54 Å². The van der Waals surface area contributed by atoms with Crippen molar-refractivity contribution in [1.82, 2.24) is 10.3 Å². The number of aryl methyl sites for hydroxylation is 1. The summed E-state index contributed by atoms with van der Waals surface area (Å²) in [5, 5.41) is 3.07. The Labute approximate surface area is 156 Å². The molecule has 0 bridgehead atoms. The van der Waals surface area contributed by atoms with Crippen molar-refractivity contribution in [3.63, 3.8) is 0 Å². The number of nitrogens with zero attached hydrogens (tertiary/aromatic N) is 3. The zero-order valence-electron chi connectivity index (χ0n) is 15.5. The number of hydrogen-bond donors (Lipinski definition) is 1. The summed E-state index contributed by atoms with van der Waals surface area (Å²) in [4.78, 5) is 21.2. The maximum absolute atomic E-state index is 12.7. The van der Waals surface area contributed by atoms with Gasteiger partial charge in [0, 0.05) is 38.1 Å². The minimum atomic E-state index is -0.0328. The van der Waals surface area contributed by atoms with Crippen LogP contribution in [-0.2, 0) is 6.42 Å². The van der Waals surface area contributed by atoms with E-state index < -0.39 is 0 Å². The lowest BCUT2D eigenvalue weighted by atomic mass is 10.1. The number of aromatic nitrogens is 1. The number of carbonyl (C=O) groups excluding carboxylic acids is 1. The quantitative estimate of drug-likeness (QED) is 0.803. The van der Waals surface area contributed by atoms with Gasteiger partial charge in [0.1, 0.15) is 5.82 Å². The fourth-order valence-electron chi connectivity index (χ4n) is 3.43. The molecule has 2 heterocycles. The highest BCUT2D eigenvalue weighted by Crippen LogP contribution is 2.23. The lowest BCUT2D eigenvalue weighted by molar-refractivity contribution is 0.246. The summed E-state index contributed by atoms with van der Waals surface area (Å²) in [5.41, 5.74) is 2.40. The Balaban J connectivity index is 1.51. The molecule has 0 fully saturated rings. The number of nitrogens with one attached hydrogen (secondary N) is 1. The van der Waals surface area contributed by atoms with Crippen LogP contribution in [-0.4, -0.2) is 37.2 Å². The van der Waals surface area contributed by atoms with Gasteiger partial charge in [0.05, 0.1) is 0 Å². The van der Waals surface area contributed by atoms with E-state index in [1.54, 1.807) is 11.1 Å². The summed E-state index contributed by atoms with van der Waals surface area (Å²) >= 11 is 0. The average molecular weight is 352 g/mol. The van der Waals surface area contributed by atoms with Crippen LogP contribution in [0.1, 0.15) is 31.7 Å². The highest BCUT2D eigenvalue weighted by atomic mass is 16.2. The second-order valence-corrected chi connectivity index (χ2v) is 6.60. The fraction of sp³-hybridized carbons (Fsp3) is 0.429. The maximum Gasteiger partial charge on any atom is 0.323 e. The first-order chi connectivity index (χ1) is 12.8. The second kappa shape index (κ2) is 9.22. The Bertz CT molecular complexity index is 704.